The minimum atomic E-state index is 0. The summed E-state index contributed by atoms with van der Waals surface area (Å²) in [5.41, 5.74) is 2.26. The average Bonchev–Trinajstić information content (AvgIpc) is 3.20. The zero-order valence-corrected chi connectivity index (χ0v) is 22.0. The third-order valence-electron chi connectivity index (χ3n) is 4.71. The maximum Gasteiger partial charge on any atom is 0.157 e. The fourth-order valence-corrected chi connectivity index (χ4v) is 4.42. The Kier molecular flexibility index (Phi) is 13.6. The van der Waals surface area contributed by atoms with Crippen LogP contribution in [0.3, 0.4) is 0 Å². The van der Waals surface area contributed by atoms with Crippen molar-refractivity contribution in [2.45, 2.75) is 57.5 Å². The van der Waals surface area contributed by atoms with E-state index < -0.39 is 0 Å². The van der Waals surface area contributed by atoms with Gasteiger partial charge in [-0.2, -0.15) is 0 Å². The van der Waals surface area contributed by atoms with E-state index >= 15 is 0 Å². The lowest BCUT2D eigenvalue weighted by molar-refractivity contribution is 0.415. The second kappa shape index (κ2) is 14.7. The highest BCUT2D eigenvalue weighted by molar-refractivity contribution is 8.93. The molecule has 29 heavy (non-hydrogen) atoms. The number of aromatic amines is 1. The van der Waals surface area contributed by atoms with E-state index in [2.05, 4.69) is 15.3 Å². The molecule has 0 unspecified atom stereocenters. The van der Waals surface area contributed by atoms with Gasteiger partial charge in [0.2, 0.25) is 0 Å². The first kappa shape index (κ1) is 26.8. The summed E-state index contributed by atoms with van der Waals surface area (Å²) in [6.45, 7) is 0.611. The molecule has 0 atom stereocenters. The van der Waals surface area contributed by atoms with Crippen molar-refractivity contribution in [2.24, 2.45) is 4.99 Å². The summed E-state index contributed by atoms with van der Waals surface area (Å²) in [5, 5.41) is 5.88. The lowest BCUT2D eigenvalue weighted by atomic mass is 9.96. The van der Waals surface area contributed by atoms with Crippen LogP contribution < -0.4 is 5.32 Å². The van der Waals surface area contributed by atoms with Crippen molar-refractivity contribution < 1.29 is 0 Å². The number of aryl methyl sites for hydroxylation is 1. The standard InChI is InChI=1S/C20H26Cl2N4S.2BrH/c21-18-9-8-15(11-19(18)22)12-24-20(26-16-5-2-1-3-6-16)27-10-4-7-17-13-23-14-25-17;;/h8-9,11,13-14,16H,1-7,10,12H2,(H,23,25)(H,24,26);2*1H. The van der Waals surface area contributed by atoms with E-state index in [9.17, 15) is 0 Å². The van der Waals surface area contributed by atoms with Crippen LogP contribution in [0.5, 0.6) is 0 Å². The smallest absolute Gasteiger partial charge is 0.157 e. The molecule has 3 rings (SSSR count). The second-order valence-corrected chi connectivity index (χ2v) is 8.78. The number of benzene rings is 1. The first-order valence-electron chi connectivity index (χ1n) is 9.55. The van der Waals surface area contributed by atoms with E-state index in [-0.39, 0.29) is 34.0 Å². The molecule has 1 fully saturated rings. The molecule has 2 aromatic rings. The molecule has 1 aromatic carbocycles. The molecular weight excluding hydrogens is 559 g/mol. The third-order valence-corrected chi connectivity index (χ3v) is 6.46. The predicted octanol–water partition coefficient (Wildman–Crippen LogP) is 7.02. The minimum absolute atomic E-state index is 0. The van der Waals surface area contributed by atoms with Gasteiger partial charge in [-0.1, -0.05) is 60.3 Å². The topological polar surface area (TPSA) is 53.1 Å². The molecule has 1 heterocycles. The van der Waals surface area contributed by atoms with Gasteiger partial charge in [0.1, 0.15) is 0 Å². The van der Waals surface area contributed by atoms with Gasteiger partial charge >= 0.3 is 0 Å². The van der Waals surface area contributed by atoms with Gasteiger partial charge in [0.15, 0.2) is 5.17 Å². The maximum absolute atomic E-state index is 6.13. The van der Waals surface area contributed by atoms with Crippen molar-refractivity contribution in [1.82, 2.24) is 15.3 Å². The zero-order chi connectivity index (χ0) is 18.9. The molecule has 162 valence electrons. The van der Waals surface area contributed by atoms with E-state index in [0.717, 1.165) is 29.3 Å². The number of thioether (sulfide) groups is 1. The fourth-order valence-electron chi connectivity index (χ4n) is 3.21. The van der Waals surface area contributed by atoms with Gasteiger partial charge in [-0.25, -0.2) is 4.98 Å². The Balaban J connectivity index is 0.00000210. The van der Waals surface area contributed by atoms with Crippen molar-refractivity contribution in [2.75, 3.05) is 5.75 Å². The molecular formula is C20H28Br2Cl2N4S. The number of nitrogens with one attached hydrogen (secondary N) is 2. The Labute approximate surface area is 208 Å². The Morgan fingerprint density at radius 1 is 1.17 bits per heavy atom. The van der Waals surface area contributed by atoms with Crippen LogP contribution >= 0.6 is 68.9 Å². The summed E-state index contributed by atoms with van der Waals surface area (Å²) in [7, 11) is 0. The summed E-state index contributed by atoms with van der Waals surface area (Å²) in [5.74, 6) is 1.03. The summed E-state index contributed by atoms with van der Waals surface area (Å²) >= 11 is 13.9. The number of aromatic nitrogens is 2. The zero-order valence-electron chi connectivity index (χ0n) is 16.2. The van der Waals surface area contributed by atoms with E-state index in [4.69, 9.17) is 28.2 Å². The van der Waals surface area contributed by atoms with Crippen molar-refractivity contribution in [3.8, 4) is 0 Å². The Morgan fingerprint density at radius 2 is 1.97 bits per heavy atom. The number of imidazole rings is 1. The van der Waals surface area contributed by atoms with E-state index in [1.807, 2.05) is 36.2 Å². The largest absolute Gasteiger partial charge is 0.362 e. The number of hydrogen-bond donors (Lipinski definition) is 2. The summed E-state index contributed by atoms with van der Waals surface area (Å²) in [6.07, 6.45) is 12.2. The number of aliphatic imine (C=N–C) groups is 1. The molecule has 0 bridgehead atoms. The molecule has 1 aliphatic rings. The van der Waals surface area contributed by atoms with Gasteiger partial charge in [-0.05, 0) is 43.4 Å². The van der Waals surface area contributed by atoms with E-state index in [1.165, 1.54) is 37.8 Å². The van der Waals surface area contributed by atoms with Crippen LogP contribution in [-0.2, 0) is 13.0 Å². The number of amidine groups is 1. The number of hydrogen-bond acceptors (Lipinski definition) is 3. The molecule has 0 aliphatic heterocycles. The highest BCUT2D eigenvalue weighted by Gasteiger charge is 2.15. The molecule has 2 N–H and O–H groups in total. The Bertz CT molecular complexity index is 738. The van der Waals surface area contributed by atoms with Crippen LogP contribution in [0.15, 0.2) is 35.7 Å². The SMILES string of the molecule is Br.Br.Clc1ccc(CN=C(NC2CCCCC2)SCCCc2cnc[nH]2)cc1Cl. The van der Waals surface area contributed by atoms with Gasteiger partial charge in [0.05, 0.1) is 22.9 Å². The first-order valence-corrected chi connectivity index (χ1v) is 11.3. The van der Waals surface area contributed by atoms with Gasteiger partial charge in [0.25, 0.3) is 0 Å². The molecule has 0 amide bonds. The monoisotopic (exact) mass is 584 g/mol. The van der Waals surface area contributed by atoms with Crippen LogP contribution in [0.2, 0.25) is 10.0 Å². The molecule has 1 saturated carbocycles. The highest BCUT2D eigenvalue weighted by atomic mass is 79.9. The van der Waals surface area contributed by atoms with Crippen molar-refractivity contribution in [1.29, 1.82) is 0 Å². The minimum Gasteiger partial charge on any atom is -0.362 e. The quantitative estimate of drug-likeness (QED) is 0.208. The van der Waals surface area contributed by atoms with Gasteiger partial charge in [0, 0.05) is 23.7 Å². The molecule has 0 radical (unpaired) electrons. The Morgan fingerprint density at radius 3 is 2.66 bits per heavy atom. The molecule has 1 aliphatic carbocycles. The van der Waals surface area contributed by atoms with Crippen LogP contribution in [-0.4, -0.2) is 26.9 Å². The molecule has 0 spiro atoms. The maximum atomic E-state index is 6.13. The predicted molar refractivity (Wildman–Crippen MR) is 138 cm³/mol. The van der Waals surface area contributed by atoms with Crippen LogP contribution in [0.4, 0.5) is 0 Å². The number of rotatable bonds is 7. The average molecular weight is 587 g/mol. The highest BCUT2D eigenvalue weighted by Crippen LogP contribution is 2.23. The van der Waals surface area contributed by atoms with Crippen LogP contribution in [0, 0.1) is 0 Å². The molecule has 1 aromatic heterocycles. The van der Waals surface area contributed by atoms with Gasteiger partial charge in [-0.15, -0.1) is 34.0 Å². The number of halogens is 4. The Hall–Kier alpha value is -0.210. The van der Waals surface area contributed by atoms with Crippen molar-refractivity contribution in [3.05, 3.63) is 52.0 Å². The normalized spacial score (nSPS) is 14.8. The number of nitrogens with zero attached hydrogens (tertiary/aromatic N) is 2. The third kappa shape index (κ3) is 9.64. The number of H-pyrrole nitrogens is 1. The molecule has 4 nitrogen and oxygen atoms in total. The van der Waals surface area contributed by atoms with Gasteiger partial charge < -0.3 is 10.3 Å². The van der Waals surface area contributed by atoms with E-state index in [0.29, 0.717) is 22.6 Å². The molecule has 9 heteroatoms. The second-order valence-electron chi connectivity index (χ2n) is 6.88. The lowest BCUT2D eigenvalue weighted by Gasteiger charge is -2.24. The first-order chi connectivity index (χ1) is 13.2. The summed E-state index contributed by atoms with van der Waals surface area (Å²) in [6, 6.07) is 6.26. The van der Waals surface area contributed by atoms with Crippen molar-refractivity contribution in [3.63, 3.8) is 0 Å². The molecule has 0 saturated heterocycles. The summed E-state index contributed by atoms with van der Waals surface area (Å²) < 4.78 is 0. The van der Waals surface area contributed by atoms with Crippen LogP contribution in [0.25, 0.3) is 0 Å². The fraction of sp³-hybridized carbons (Fsp3) is 0.500. The van der Waals surface area contributed by atoms with Crippen LogP contribution in [0.1, 0.15) is 49.8 Å². The lowest BCUT2D eigenvalue weighted by Crippen LogP contribution is -2.35. The van der Waals surface area contributed by atoms with Gasteiger partial charge in [-0.3, -0.25) is 4.99 Å². The van der Waals surface area contributed by atoms with E-state index in [1.54, 1.807) is 6.33 Å². The van der Waals surface area contributed by atoms with Crippen molar-refractivity contribution >= 4 is 74.1 Å². The summed E-state index contributed by atoms with van der Waals surface area (Å²) in [4.78, 5) is 12.1.